The summed E-state index contributed by atoms with van der Waals surface area (Å²) in [7, 11) is 0. The van der Waals surface area contributed by atoms with Crippen molar-refractivity contribution in [1.82, 2.24) is 10.2 Å². The van der Waals surface area contributed by atoms with Crippen LogP contribution in [0.15, 0.2) is 15.2 Å². The summed E-state index contributed by atoms with van der Waals surface area (Å²) in [5, 5.41) is 4.83. The van der Waals surface area contributed by atoms with Gasteiger partial charge >= 0.3 is 0 Å². The number of carbonyl (C=O) groups is 1. The molecule has 1 amide bonds. The summed E-state index contributed by atoms with van der Waals surface area (Å²) < 4.78 is 6.30. The molecule has 6 heteroatoms. The molecular formula is C12H17BrN2O2S. The molecule has 0 aliphatic carbocycles. The molecule has 1 aliphatic rings. The van der Waals surface area contributed by atoms with Crippen molar-refractivity contribution in [2.24, 2.45) is 0 Å². The van der Waals surface area contributed by atoms with Gasteiger partial charge in [-0.3, -0.25) is 9.69 Å². The van der Waals surface area contributed by atoms with E-state index in [-0.39, 0.29) is 5.91 Å². The maximum Gasteiger partial charge on any atom is 0.252 e. The van der Waals surface area contributed by atoms with Gasteiger partial charge in [0.15, 0.2) is 0 Å². The van der Waals surface area contributed by atoms with Crippen LogP contribution in [-0.2, 0) is 4.74 Å². The molecule has 2 heterocycles. The zero-order valence-electron chi connectivity index (χ0n) is 10.3. The Balaban J connectivity index is 1.78. The normalized spacial score (nSPS) is 18.6. The summed E-state index contributed by atoms with van der Waals surface area (Å²) in [5.74, 6) is -0.00272. The van der Waals surface area contributed by atoms with E-state index < -0.39 is 0 Å². The number of nitrogens with zero attached hydrogens (tertiary/aromatic N) is 1. The van der Waals surface area contributed by atoms with Gasteiger partial charge in [-0.25, -0.2) is 0 Å². The van der Waals surface area contributed by atoms with E-state index in [4.69, 9.17) is 4.74 Å². The molecule has 1 fully saturated rings. The quantitative estimate of drug-likeness (QED) is 0.916. The SMILES string of the molecule is C[C@@H](CNC(=O)c1csc(Br)c1)N1CCOCC1. The highest BCUT2D eigenvalue weighted by atomic mass is 79.9. The predicted molar refractivity (Wildman–Crippen MR) is 76.2 cm³/mol. The third kappa shape index (κ3) is 3.78. The second-order valence-corrected chi connectivity index (χ2v) is 6.64. The second-order valence-electron chi connectivity index (χ2n) is 4.35. The van der Waals surface area contributed by atoms with Crippen molar-refractivity contribution in [1.29, 1.82) is 0 Å². The Morgan fingerprint density at radius 3 is 2.94 bits per heavy atom. The summed E-state index contributed by atoms with van der Waals surface area (Å²) in [6, 6.07) is 2.19. The number of halogens is 1. The smallest absolute Gasteiger partial charge is 0.252 e. The number of thiophene rings is 1. The predicted octanol–water partition coefficient (Wildman–Crippen LogP) is 1.96. The van der Waals surface area contributed by atoms with E-state index in [1.807, 2.05) is 11.4 Å². The Morgan fingerprint density at radius 2 is 2.33 bits per heavy atom. The zero-order valence-corrected chi connectivity index (χ0v) is 12.7. The van der Waals surface area contributed by atoms with Gasteiger partial charge in [0.1, 0.15) is 0 Å². The van der Waals surface area contributed by atoms with Crippen LogP contribution < -0.4 is 5.32 Å². The first kappa shape index (κ1) is 14.0. The molecule has 2 rings (SSSR count). The van der Waals surface area contributed by atoms with E-state index >= 15 is 0 Å². The van der Waals surface area contributed by atoms with Crippen LogP contribution in [0, 0.1) is 0 Å². The average Bonchev–Trinajstić information content (AvgIpc) is 2.83. The molecule has 0 spiro atoms. The highest BCUT2D eigenvalue weighted by Gasteiger charge is 2.17. The molecule has 0 aromatic carbocycles. The number of rotatable bonds is 4. The fraction of sp³-hybridized carbons (Fsp3) is 0.583. The first-order valence-electron chi connectivity index (χ1n) is 6.01. The number of nitrogens with one attached hydrogen (secondary N) is 1. The molecule has 1 aromatic heterocycles. The molecule has 18 heavy (non-hydrogen) atoms. The van der Waals surface area contributed by atoms with Crippen molar-refractivity contribution in [3.63, 3.8) is 0 Å². The minimum absolute atomic E-state index is 0.00272. The van der Waals surface area contributed by atoms with E-state index in [0.29, 0.717) is 12.6 Å². The van der Waals surface area contributed by atoms with Crippen molar-refractivity contribution >= 4 is 33.2 Å². The van der Waals surface area contributed by atoms with Crippen LogP contribution in [0.2, 0.25) is 0 Å². The van der Waals surface area contributed by atoms with Crippen LogP contribution in [-0.4, -0.2) is 49.7 Å². The highest BCUT2D eigenvalue weighted by molar-refractivity contribution is 9.11. The van der Waals surface area contributed by atoms with E-state index in [1.54, 1.807) is 0 Å². The van der Waals surface area contributed by atoms with Crippen LogP contribution >= 0.6 is 27.3 Å². The van der Waals surface area contributed by atoms with Crippen molar-refractivity contribution in [2.45, 2.75) is 13.0 Å². The maximum atomic E-state index is 11.9. The first-order valence-corrected chi connectivity index (χ1v) is 7.68. The number of ether oxygens (including phenoxy) is 1. The van der Waals surface area contributed by atoms with Crippen LogP contribution in [0.3, 0.4) is 0 Å². The number of hydrogen-bond acceptors (Lipinski definition) is 4. The van der Waals surface area contributed by atoms with E-state index in [2.05, 4.69) is 33.1 Å². The van der Waals surface area contributed by atoms with Gasteiger partial charge in [0.2, 0.25) is 0 Å². The zero-order chi connectivity index (χ0) is 13.0. The van der Waals surface area contributed by atoms with Gasteiger partial charge in [-0.15, -0.1) is 11.3 Å². The highest BCUT2D eigenvalue weighted by Crippen LogP contribution is 2.20. The maximum absolute atomic E-state index is 11.9. The molecule has 1 aliphatic heterocycles. The lowest BCUT2D eigenvalue weighted by atomic mass is 10.2. The third-order valence-corrected chi connectivity index (χ3v) is 4.56. The summed E-state index contributed by atoms with van der Waals surface area (Å²) in [4.78, 5) is 14.2. The largest absolute Gasteiger partial charge is 0.379 e. The van der Waals surface area contributed by atoms with E-state index in [0.717, 1.165) is 35.7 Å². The molecule has 1 aromatic rings. The first-order chi connectivity index (χ1) is 8.66. The fourth-order valence-corrected chi connectivity index (χ4v) is 3.06. The van der Waals surface area contributed by atoms with Crippen LogP contribution in [0.5, 0.6) is 0 Å². The molecule has 0 radical (unpaired) electrons. The molecule has 4 nitrogen and oxygen atoms in total. The van der Waals surface area contributed by atoms with Gasteiger partial charge in [-0.1, -0.05) is 0 Å². The lowest BCUT2D eigenvalue weighted by Crippen LogP contribution is -2.47. The van der Waals surface area contributed by atoms with Crippen LogP contribution in [0.25, 0.3) is 0 Å². The van der Waals surface area contributed by atoms with Gasteiger partial charge in [0.05, 0.1) is 22.6 Å². The topological polar surface area (TPSA) is 41.6 Å². The fourth-order valence-electron chi connectivity index (χ4n) is 1.92. The van der Waals surface area contributed by atoms with E-state index in [9.17, 15) is 4.79 Å². The number of morpholine rings is 1. The van der Waals surface area contributed by atoms with Gasteiger partial charge in [0.25, 0.3) is 5.91 Å². The lowest BCUT2D eigenvalue weighted by Gasteiger charge is -2.32. The van der Waals surface area contributed by atoms with Crippen LogP contribution in [0.4, 0.5) is 0 Å². The number of amides is 1. The Kier molecular flexibility index (Phi) is 5.17. The molecular weight excluding hydrogens is 316 g/mol. The van der Waals surface area contributed by atoms with Gasteiger partial charge < -0.3 is 10.1 Å². The lowest BCUT2D eigenvalue weighted by molar-refractivity contribution is 0.0204. The minimum atomic E-state index is -0.00272. The summed E-state index contributed by atoms with van der Waals surface area (Å²) in [5.41, 5.74) is 0.723. The Bertz CT molecular complexity index is 405. The van der Waals surface area contributed by atoms with E-state index in [1.165, 1.54) is 11.3 Å². The molecule has 0 unspecified atom stereocenters. The summed E-state index contributed by atoms with van der Waals surface area (Å²) in [6.45, 7) is 6.27. The molecule has 0 bridgehead atoms. The number of hydrogen-bond donors (Lipinski definition) is 1. The van der Waals surface area contributed by atoms with Crippen molar-refractivity contribution in [3.05, 3.63) is 20.8 Å². The number of carbonyl (C=O) groups excluding carboxylic acids is 1. The molecule has 1 saturated heterocycles. The Morgan fingerprint density at radius 1 is 1.61 bits per heavy atom. The standard InChI is InChI=1S/C12H17BrN2O2S/c1-9(15-2-4-17-5-3-15)7-14-12(16)10-6-11(13)18-8-10/h6,8-9H,2-5,7H2,1H3,(H,14,16)/t9-/m0/s1. The molecule has 0 saturated carbocycles. The van der Waals surface area contributed by atoms with Crippen molar-refractivity contribution in [2.75, 3.05) is 32.8 Å². The molecule has 100 valence electrons. The molecule has 1 atom stereocenters. The summed E-state index contributed by atoms with van der Waals surface area (Å²) in [6.07, 6.45) is 0. The Hall–Kier alpha value is -0.430. The van der Waals surface area contributed by atoms with Gasteiger partial charge in [-0.05, 0) is 28.9 Å². The third-order valence-electron chi connectivity index (χ3n) is 3.06. The summed E-state index contributed by atoms with van der Waals surface area (Å²) >= 11 is 4.88. The average molecular weight is 333 g/mol. The Labute approximate surface area is 119 Å². The van der Waals surface area contributed by atoms with Crippen molar-refractivity contribution in [3.8, 4) is 0 Å². The molecule has 1 N–H and O–H groups in total. The van der Waals surface area contributed by atoms with Gasteiger partial charge in [-0.2, -0.15) is 0 Å². The van der Waals surface area contributed by atoms with Crippen molar-refractivity contribution < 1.29 is 9.53 Å². The second kappa shape index (κ2) is 6.65. The van der Waals surface area contributed by atoms with Gasteiger partial charge in [0, 0.05) is 31.1 Å². The minimum Gasteiger partial charge on any atom is -0.379 e. The monoisotopic (exact) mass is 332 g/mol. The van der Waals surface area contributed by atoms with Crippen LogP contribution in [0.1, 0.15) is 17.3 Å².